The summed E-state index contributed by atoms with van der Waals surface area (Å²) < 4.78 is 0.929. The van der Waals surface area contributed by atoms with Gasteiger partial charge in [0.05, 0.1) is 6.21 Å². The van der Waals surface area contributed by atoms with E-state index in [-0.39, 0.29) is 11.5 Å². The molecule has 7 heteroatoms. The van der Waals surface area contributed by atoms with E-state index in [0.29, 0.717) is 0 Å². The number of hydrogen-bond donors (Lipinski definition) is 2. The first-order valence-corrected chi connectivity index (χ1v) is 5.50. The molecule has 0 radical (unpaired) electrons. The first-order valence-electron chi connectivity index (χ1n) is 4.71. The van der Waals surface area contributed by atoms with Gasteiger partial charge in [0.25, 0.3) is 5.56 Å². The zero-order valence-electron chi connectivity index (χ0n) is 8.59. The van der Waals surface area contributed by atoms with Crippen molar-refractivity contribution in [2.45, 2.75) is 0 Å². The second kappa shape index (κ2) is 5.35. The number of benzene rings is 1. The lowest BCUT2D eigenvalue weighted by Gasteiger charge is -1.98. The van der Waals surface area contributed by atoms with Crippen LogP contribution in [0.3, 0.4) is 0 Å². The number of H-pyrrole nitrogens is 1. The monoisotopic (exact) mass is 293 g/mol. The minimum Gasteiger partial charge on any atom is -0.289 e. The van der Waals surface area contributed by atoms with Crippen molar-refractivity contribution in [1.82, 2.24) is 15.2 Å². The molecule has 0 amide bonds. The van der Waals surface area contributed by atoms with Crippen LogP contribution in [0.4, 0.5) is 5.95 Å². The van der Waals surface area contributed by atoms with E-state index >= 15 is 0 Å². The summed E-state index contributed by atoms with van der Waals surface area (Å²) in [6.45, 7) is 0. The van der Waals surface area contributed by atoms with Crippen LogP contribution >= 0.6 is 15.9 Å². The molecule has 1 aromatic carbocycles. The first-order chi connectivity index (χ1) is 8.25. The van der Waals surface area contributed by atoms with E-state index in [4.69, 9.17) is 0 Å². The van der Waals surface area contributed by atoms with E-state index < -0.39 is 0 Å². The van der Waals surface area contributed by atoms with Gasteiger partial charge in [-0.2, -0.15) is 5.10 Å². The van der Waals surface area contributed by atoms with Crippen molar-refractivity contribution in [1.29, 1.82) is 0 Å². The predicted octanol–water partition coefficient (Wildman–Crippen LogP) is 1.37. The van der Waals surface area contributed by atoms with E-state index in [1.165, 1.54) is 0 Å². The van der Waals surface area contributed by atoms with Crippen molar-refractivity contribution in [2.24, 2.45) is 5.10 Å². The van der Waals surface area contributed by atoms with Crippen LogP contribution in [0.15, 0.2) is 44.8 Å². The van der Waals surface area contributed by atoms with Gasteiger partial charge >= 0.3 is 0 Å². The summed E-state index contributed by atoms with van der Waals surface area (Å²) in [6.07, 6.45) is 2.69. The standard InChI is InChI=1S/C10H8BrN5O/c11-8-4-2-1-3-7(8)5-12-15-10-14-9(17)6-13-16-10/h1-6H,(H2,14,15,16,17)/b12-5+. The van der Waals surface area contributed by atoms with E-state index in [1.54, 1.807) is 6.21 Å². The van der Waals surface area contributed by atoms with E-state index in [2.05, 4.69) is 41.6 Å². The van der Waals surface area contributed by atoms with Gasteiger partial charge in [0.15, 0.2) is 0 Å². The molecule has 2 N–H and O–H groups in total. The Morgan fingerprint density at radius 1 is 1.41 bits per heavy atom. The summed E-state index contributed by atoms with van der Waals surface area (Å²) in [5, 5.41) is 11.1. The summed E-state index contributed by atoms with van der Waals surface area (Å²) in [4.78, 5) is 13.4. The largest absolute Gasteiger partial charge is 0.289 e. The Hall–Kier alpha value is -2.02. The number of halogens is 1. The molecule has 0 unspecified atom stereocenters. The SMILES string of the molecule is O=c1cnnc(N/N=C/c2ccccc2Br)[nH]1. The van der Waals surface area contributed by atoms with Crippen LogP contribution in [-0.2, 0) is 0 Å². The molecule has 1 heterocycles. The maximum absolute atomic E-state index is 10.9. The Balaban J connectivity index is 2.08. The number of aromatic nitrogens is 3. The Bertz CT molecular complexity index is 595. The highest BCUT2D eigenvalue weighted by Gasteiger charge is 1.94. The zero-order chi connectivity index (χ0) is 12.1. The van der Waals surface area contributed by atoms with Gasteiger partial charge in [0.1, 0.15) is 6.20 Å². The molecular formula is C10H8BrN5O. The topological polar surface area (TPSA) is 83.0 Å². The molecule has 0 aliphatic rings. The second-order valence-electron chi connectivity index (χ2n) is 3.07. The molecular weight excluding hydrogens is 286 g/mol. The number of anilines is 1. The summed E-state index contributed by atoms with van der Waals surface area (Å²) in [5.41, 5.74) is 3.15. The van der Waals surface area contributed by atoms with Crippen LogP contribution in [0.1, 0.15) is 5.56 Å². The highest BCUT2D eigenvalue weighted by molar-refractivity contribution is 9.10. The number of hydrazone groups is 1. The fourth-order valence-corrected chi connectivity index (χ4v) is 1.49. The third-order valence-electron chi connectivity index (χ3n) is 1.85. The Labute approximate surface area is 105 Å². The highest BCUT2D eigenvalue weighted by Crippen LogP contribution is 2.13. The first kappa shape index (κ1) is 11.5. The highest BCUT2D eigenvalue weighted by atomic mass is 79.9. The molecule has 0 fully saturated rings. The smallest absolute Gasteiger partial charge is 0.271 e. The average molecular weight is 294 g/mol. The van der Waals surface area contributed by atoms with E-state index in [1.807, 2.05) is 24.3 Å². The van der Waals surface area contributed by atoms with Crippen LogP contribution in [0.5, 0.6) is 0 Å². The van der Waals surface area contributed by atoms with Crippen LogP contribution in [0.25, 0.3) is 0 Å². The average Bonchev–Trinajstić information content (AvgIpc) is 2.32. The van der Waals surface area contributed by atoms with Crippen LogP contribution < -0.4 is 11.0 Å². The van der Waals surface area contributed by atoms with Gasteiger partial charge in [0.2, 0.25) is 5.95 Å². The molecule has 6 nitrogen and oxygen atoms in total. The molecule has 0 aliphatic carbocycles. The van der Waals surface area contributed by atoms with Gasteiger partial charge in [-0.1, -0.05) is 34.1 Å². The number of nitrogens with zero attached hydrogens (tertiary/aromatic N) is 3. The van der Waals surface area contributed by atoms with E-state index in [0.717, 1.165) is 16.2 Å². The molecule has 0 aliphatic heterocycles. The number of nitrogens with one attached hydrogen (secondary N) is 2. The van der Waals surface area contributed by atoms with Gasteiger partial charge in [-0.3, -0.25) is 9.78 Å². The molecule has 1 aromatic heterocycles. The lowest BCUT2D eigenvalue weighted by atomic mass is 10.2. The summed E-state index contributed by atoms with van der Waals surface area (Å²) >= 11 is 3.39. The second-order valence-corrected chi connectivity index (χ2v) is 3.93. The fraction of sp³-hybridized carbons (Fsp3) is 0. The molecule has 2 aromatic rings. The minimum atomic E-state index is -0.335. The van der Waals surface area contributed by atoms with Gasteiger partial charge in [-0.25, -0.2) is 5.43 Å². The van der Waals surface area contributed by atoms with Crippen LogP contribution in [-0.4, -0.2) is 21.4 Å². The molecule has 0 bridgehead atoms. The third-order valence-corrected chi connectivity index (χ3v) is 2.58. The van der Waals surface area contributed by atoms with Crippen molar-refractivity contribution >= 4 is 28.1 Å². The molecule has 2 rings (SSSR count). The Morgan fingerprint density at radius 2 is 2.24 bits per heavy atom. The van der Waals surface area contributed by atoms with Crippen LogP contribution in [0.2, 0.25) is 0 Å². The quantitative estimate of drug-likeness (QED) is 0.661. The molecule has 0 atom stereocenters. The lowest BCUT2D eigenvalue weighted by molar-refractivity contribution is 0.939. The Kier molecular flexibility index (Phi) is 3.61. The maximum Gasteiger partial charge on any atom is 0.271 e. The van der Waals surface area contributed by atoms with Crippen molar-refractivity contribution in [3.8, 4) is 0 Å². The zero-order valence-corrected chi connectivity index (χ0v) is 10.2. The van der Waals surface area contributed by atoms with Crippen molar-refractivity contribution in [3.05, 3.63) is 50.9 Å². The lowest BCUT2D eigenvalue weighted by Crippen LogP contribution is -2.10. The van der Waals surface area contributed by atoms with Crippen molar-refractivity contribution in [2.75, 3.05) is 5.43 Å². The van der Waals surface area contributed by atoms with Crippen molar-refractivity contribution in [3.63, 3.8) is 0 Å². The molecule has 17 heavy (non-hydrogen) atoms. The van der Waals surface area contributed by atoms with Gasteiger partial charge < -0.3 is 0 Å². The number of aromatic amines is 1. The number of rotatable bonds is 3. The fourth-order valence-electron chi connectivity index (χ4n) is 1.11. The van der Waals surface area contributed by atoms with Gasteiger partial charge in [-0.15, -0.1) is 10.2 Å². The summed E-state index contributed by atoms with van der Waals surface area (Å²) in [7, 11) is 0. The van der Waals surface area contributed by atoms with Crippen molar-refractivity contribution < 1.29 is 0 Å². The maximum atomic E-state index is 10.9. The summed E-state index contributed by atoms with van der Waals surface area (Å²) in [5.74, 6) is 0.195. The molecule has 0 saturated heterocycles. The number of hydrogen-bond acceptors (Lipinski definition) is 5. The Morgan fingerprint density at radius 3 is 3.00 bits per heavy atom. The normalized spacial score (nSPS) is 10.6. The minimum absolute atomic E-state index is 0.195. The van der Waals surface area contributed by atoms with Gasteiger partial charge in [-0.05, 0) is 6.07 Å². The predicted molar refractivity (Wildman–Crippen MR) is 68.0 cm³/mol. The molecule has 0 spiro atoms. The van der Waals surface area contributed by atoms with Crippen LogP contribution in [0, 0.1) is 0 Å². The summed E-state index contributed by atoms with van der Waals surface area (Å²) in [6, 6.07) is 7.62. The molecule has 0 saturated carbocycles. The van der Waals surface area contributed by atoms with Gasteiger partial charge in [0, 0.05) is 10.0 Å². The van der Waals surface area contributed by atoms with E-state index in [9.17, 15) is 4.79 Å². The molecule has 86 valence electrons. The third kappa shape index (κ3) is 3.22.